The topological polar surface area (TPSA) is 157 Å². The lowest BCUT2D eigenvalue weighted by molar-refractivity contribution is -0.128. The minimum absolute atomic E-state index is 0.270. The number of carbonyl (C=O) groups is 1. The molecule has 0 aliphatic rings. The van der Waals surface area contributed by atoms with Gasteiger partial charge in [0.15, 0.2) is 0 Å². The average molecular weight is 336 g/mol. The summed E-state index contributed by atoms with van der Waals surface area (Å²) in [4.78, 5) is 26.1. The summed E-state index contributed by atoms with van der Waals surface area (Å²) < 4.78 is 0. The van der Waals surface area contributed by atoms with E-state index in [1.54, 1.807) is 19.1 Å². The van der Waals surface area contributed by atoms with E-state index in [4.69, 9.17) is 10.8 Å². The molecule has 2 aromatic rings. The lowest BCUT2D eigenvalue weighted by Crippen LogP contribution is -2.46. The van der Waals surface area contributed by atoms with E-state index in [1.165, 1.54) is 12.1 Å². The highest BCUT2D eigenvalue weighted by Crippen LogP contribution is 2.25. The molecule has 1 amide bonds. The lowest BCUT2D eigenvalue weighted by atomic mass is 9.87. The van der Waals surface area contributed by atoms with Crippen molar-refractivity contribution < 1.29 is 25.2 Å². The highest BCUT2D eigenvalue weighted by Gasteiger charge is 2.35. The Kier molecular flexibility index (Phi) is 5.35. The van der Waals surface area contributed by atoms with Crippen LogP contribution in [-0.2, 0) is 4.79 Å². The maximum Gasteiger partial charge on any atom is 0.251 e. The minimum Gasteiger partial charge on any atom is -0.394 e. The van der Waals surface area contributed by atoms with Crippen molar-refractivity contribution in [3.63, 3.8) is 0 Å². The van der Waals surface area contributed by atoms with Crippen molar-refractivity contribution in [2.24, 2.45) is 5.73 Å². The van der Waals surface area contributed by atoms with Gasteiger partial charge in [0.25, 0.3) is 5.56 Å². The fraction of sp³-hybridized carbons (Fsp3) is 0.375. The van der Waals surface area contributed by atoms with Crippen LogP contribution in [0.4, 0.5) is 0 Å². The number of aryl methyl sites for hydroxylation is 1. The van der Waals surface area contributed by atoms with Gasteiger partial charge >= 0.3 is 0 Å². The number of benzene rings is 1. The molecule has 0 fully saturated rings. The highest BCUT2D eigenvalue weighted by molar-refractivity contribution is 5.86. The summed E-state index contributed by atoms with van der Waals surface area (Å²) in [6, 6.07) is 6.34. The van der Waals surface area contributed by atoms with Gasteiger partial charge in [-0.1, -0.05) is 12.1 Å². The third-order valence-electron chi connectivity index (χ3n) is 3.99. The second-order valence-electron chi connectivity index (χ2n) is 5.74. The van der Waals surface area contributed by atoms with Crippen LogP contribution >= 0.6 is 0 Å². The zero-order valence-corrected chi connectivity index (χ0v) is 13.0. The molecule has 0 saturated heterocycles. The van der Waals surface area contributed by atoms with E-state index in [0.717, 1.165) is 5.39 Å². The van der Waals surface area contributed by atoms with E-state index in [9.17, 15) is 24.9 Å². The Hall–Kier alpha value is -2.26. The molecule has 7 N–H and O–H groups in total. The molecule has 8 heteroatoms. The molecule has 0 aliphatic heterocycles. The number of aliphatic hydroxyl groups excluding tert-OH is 4. The van der Waals surface area contributed by atoms with Crippen LogP contribution in [0.3, 0.4) is 0 Å². The minimum atomic E-state index is -1.76. The summed E-state index contributed by atoms with van der Waals surface area (Å²) in [6.45, 7) is 0.878. The summed E-state index contributed by atoms with van der Waals surface area (Å²) in [6.07, 6.45) is -5.11. The zero-order chi connectivity index (χ0) is 18.0. The molecule has 8 nitrogen and oxygen atoms in total. The Labute approximate surface area is 137 Å². The predicted octanol–water partition coefficient (Wildman–Crippen LogP) is -1.52. The Morgan fingerprint density at radius 3 is 2.46 bits per heavy atom. The number of pyridine rings is 1. The van der Waals surface area contributed by atoms with E-state index in [-0.39, 0.29) is 11.1 Å². The number of carbonyl (C=O) groups excluding carboxylic acids is 1. The van der Waals surface area contributed by atoms with Crippen LogP contribution in [0.2, 0.25) is 0 Å². The van der Waals surface area contributed by atoms with Crippen LogP contribution in [0.25, 0.3) is 10.9 Å². The van der Waals surface area contributed by atoms with E-state index in [1.807, 2.05) is 0 Å². The van der Waals surface area contributed by atoms with Crippen molar-refractivity contribution >= 4 is 16.8 Å². The zero-order valence-electron chi connectivity index (χ0n) is 13.0. The number of fused-ring (bicyclic) bond motifs is 1. The van der Waals surface area contributed by atoms with Gasteiger partial charge in [-0.05, 0) is 30.0 Å². The number of hydrogen-bond donors (Lipinski definition) is 6. The van der Waals surface area contributed by atoms with Crippen molar-refractivity contribution in [1.29, 1.82) is 0 Å². The van der Waals surface area contributed by atoms with Crippen LogP contribution in [0.5, 0.6) is 0 Å². The summed E-state index contributed by atoms with van der Waals surface area (Å²) in [5.41, 5.74) is 6.28. The molecule has 0 radical (unpaired) electrons. The number of aromatic amines is 1. The third kappa shape index (κ3) is 3.46. The van der Waals surface area contributed by atoms with Crippen LogP contribution in [0.1, 0.15) is 17.0 Å². The monoisotopic (exact) mass is 336 g/mol. The van der Waals surface area contributed by atoms with Crippen LogP contribution < -0.4 is 11.3 Å². The second kappa shape index (κ2) is 7.10. The second-order valence-corrected chi connectivity index (χ2v) is 5.74. The van der Waals surface area contributed by atoms with Crippen molar-refractivity contribution in [3.8, 4) is 0 Å². The van der Waals surface area contributed by atoms with Crippen molar-refractivity contribution in [3.05, 3.63) is 45.7 Å². The summed E-state index contributed by atoms with van der Waals surface area (Å²) in [5.74, 6) is -2.24. The number of amides is 1. The quantitative estimate of drug-likeness (QED) is 0.376. The van der Waals surface area contributed by atoms with Crippen molar-refractivity contribution in [1.82, 2.24) is 4.98 Å². The molecule has 4 atom stereocenters. The van der Waals surface area contributed by atoms with Gasteiger partial charge in [-0.3, -0.25) is 9.59 Å². The summed E-state index contributed by atoms with van der Waals surface area (Å²) >= 11 is 0. The standard InChI is InChI=1S/C16H20N2O6/c1-7-4-8-2-3-9(5-10(8)18-16(7)24)12(15(17)23)14(22)13(21)11(20)6-19/h2-5,11-14,19-22H,6H2,1H3,(H2,17,23)(H,18,24)/t11-,12-,13-,14-/m1/s1. The summed E-state index contributed by atoms with van der Waals surface area (Å²) in [7, 11) is 0. The first-order valence-electron chi connectivity index (χ1n) is 7.34. The van der Waals surface area contributed by atoms with Gasteiger partial charge in [-0.25, -0.2) is 0 Å². The number of nitrogens with two attached hydrogens (primary N) is 1. The molecule has 0 bridgehead atoms. The molecular formula is C16H20N2O6. The molecule has 1 heterocycles. The number of primary amides is 1. The van der Waals surface area contributed by atoms with Crippen LogP contribution in [-0.4, -0.2) is 56.2 Å². The number of hydrogen-bond acceptors (Lipinski definition) is 6. The van der Waals surface area contributed by atoms with E-state index in [2.05, 4.69) is 4.98 Å². The first-order valence-corrected chi connectivity index (χ1v) is 7.34. The fourth-order valence-corrected chi connectivity index (χ4v) is 2.58. The van der Waals surface area contributed by atoms with Gasteiger partial charge in [0.1, 0.15) is 12.2 Å². The molecule has 0 unspecified atom stereocenters. The van der Waals surface area contributed by atoms with E-state index in [0.29, 0.717) is 11.1 Å². The maximum absolute atomic E-state index is 11.7. The molecule has 1 aromatic heterocycles. The number of rotatable bonds is 6. The van der Waals surface area contributed by atoms with Gasteiger partial charge < -0.3 is 31.1 Å². The Bertz CT molecular complexity index is 803. The number of aliphatic hydroxyl groups is 4. The molecule has 130 valence electrons. The van der Waals surface area contributed by atoms with Gasteiger partial charge in [-0.15, -0.1) is 0 Å². The SMILES string of the molecule is Cc1cc2ccc([C@@H](C(N)=O)[C@@H](O)[C@H](O)[C@H](O)CO)cc2[nH]c1=O. The van der Waals surface area contributed by atoms with E-state index >= 15 is 0 Å². The smallest absolute Gasteiger partial charge is 0.251 e. The molecule has 24 heavy (non-hydrogen) atoms. The number of nitrogens with one attached hydrogen (secondary N) is 1. The van der Waals surface area contributed by atoms with E-state index < -0.39 is 36.7 Å². The number of H-pyrrole nitrogens is 1. The lowest BCUT2D eigenvalue weighted by Gasteiger charge is -2.27. The Morgan fingerprint density at radius 2 is 1.88 bits per heavy atom. The third-order valence-corrected chi connectivity index (χ3v) is 3.99. The van der Waals surface area contributed by atoms with Crippen molar-refractivity contribution in [2.45, 2.75) is 31.2 Å². The van der Waals surface area contributed by atoms with Crippen LogP contribution in [0.15, 0.2) is 29.1 Å². The molecule has 0 saturated carbocycles. The van der Waals surface area contributed by atoms with Gasteiger partial charge in [-0.2, -0.15) is 0 Å². The van der Waals surface area contributed by atoms with Crippen LogP contribution in [0, 0.1) is 6.92 Å². The highest BCUT2D eigenvalue weighted by atomic mass is 16.4. The van der Waals surface area contributed by atoms with Crippen molar-refractivity contribution in [2.75, 3.05) is 6.61 Å². The molecule has 2 rings (SSSR count). The van der Waals surface area contributed by atoms with Gasteiger partial charge in [0, 0.05) is 11.1 Å². The largest absolute Gasteiger partial charge is 0.394 e. The first kappa shape index (κ1) is 18.1. The first-order chi connectivity index (χ1) is 11.3. The molecule has 0 aliphatic carbocycles. The predicted molar refractivity (Wildman–Crippen MR) is 86.3 cm³/mol. The van der Waals surface area contributed by atoms with Gasteiger partial charge in [0.2, 0.25) is 5.91 Å². The molecule has 0 spiro atoms. The molecular weight excluding hydrogens is 316 g/mol. The average Bonchev–Trinajstić information content (AvgIpc) is 2.54. The summed E-state index contributed by atoms with van der Waals surface area (Å²) in [5, 5.41) is 39.1. The maximum atomic E-state index is 11.7. The van der Waals surface area contributed by atoms with Gasteiger partial charge in [0.05, 0.1) is 18.6 Å². The molecule has 1 aromatic carbocycles. The number of aromatic nitrogens is 1. The fourth-order valence-electron chi connectivity index (χ4n) is 2.58. The normalized spacial score (nSPS) is 16.5. The Balaban J connectivity index is 2.48. The Morgan fingerprint density at radius 1 is 1.21 bits per heavy atom.